The maximum absolute atomic E-state index is 13.1. The molecule has 1 aromatic rings. The molecule has 0 saturated carbocycles. The summed E-state index contributed by atoms with van der Waals surface area (Å²) in [7, 11) is 1.31. The van der Waals surface area contributed by atoms with Gasteiger partial charge in [-0.25, -0.2) is 8.78 Å². The first-order valence-corrected chi connectivity index (χ1v) is 3.81. The van der Waals surface area contributed by atoms with Gasteiger partial charge in [-0.1, -0.05) is 0 Å². The summed E-state index contributed by atoms with van der Waals surface area (Å²) in [5.74, 6) is -1.57. The molecule has 0 fully saturated rings. The first-order chi connectivity index (χ1) is 5.70. The molecule has 0 heterocycles. The zero-order chi connectivity index (χ0) is 9.14. The Morgan fingerprint density at radius 3 is 2.58 bits per heavy atom. The zero-order valence-corrected chi connectivity index (χ0v) is 7.16. The van der Waals surface area contributed by atoms with Gasteiger partial charge in [-0.3, -0.25) is 0 Å². The highest BCUT2D eigenvalue weighted by Gasteiger charge is 2.12. The quantitative estimate of drug-likeness (QED) is 0.655. The fourth-order valence-corrected chi connectivity index (χ4v) is 1.10. The number of ether oxygens (including phenoxy) is 1. The van der Waals surface area contributed by atoms with Gasteiger partial charge in [0.1, 0.15) is 5.82 Å². The number of hydrogen-bond acceptors (Lipinski definition) is 1. The number of benzene rings is 1. The average Bonchev–Trinajstić information content (AvgIpc) is 2.06. The van der Waals surface area contributed by atoms with Crippen molar-refractivity contribution < 1.29 is 13.5 Å². The van der Waals surface area contributed by atoms with Crippen LogP contribution in [0.1, 0.15) is 5.56 Å². The van der Waals surface area contributed by atoms with Gasteiger partial charge < -0.3 is 4.74 Å². The van der Waals surface area contributed by atoms with Gasteiger partial charge >= 0.3 is 0 Å². The Labute approximate surface area is 73.9 Å². The fourth-order valence-electron chi connectivity index (χ4n) is 0.856. The molecule has 0 aliphatic rings. The Morgan fingerprint density at radius 1 is 1.42 bits per heavy atom. The summed E-state index contributed by atoms with van der Waals surface area (Å²) in [6.45, 7) is 0. The highest BCUT2D eigenvalue weighted by atomic mass is 35.5. The van der Waals surface area contributed by atoms with Gasteiger partial charge in [0.25, 0.3) is 0 Å². The van der Waals surface area contributed by atoms with Crippen molar-refractivity contribution in [3.63, 3.8) is 0 Å². The van der Waals surface area contributed by atoms with Gasteiger partial charge in [0.2, 0.25) is 0 Å². The summed E-state index contributed by atoms with van der Waals surface area (Å²) in [6.07, 6.45) is 0. The van der Waals surface area contributed by atoms with Gasteiger partial charge in [-0.05, 0) is 12.1 Å². The molecule has 4 heteroatoms. The predicted octanol–water partition coefficient (Wildman–Crippen LogP) is 2.71. The van der Waals surface area contributed by atoms with E-state index in [0.29, 0.717) is 0 Å². The Balaban J connectivity index is 3.24. The summed E-state index contributed by atoms with van der Waals surface area (Å²) in [5, 5.41) is 0. The van der Waals surface area contributed by atoms with Crippen molar-refractivity contribution in [3.05, 3.63) is 29.3 Å². The van der Waals surface area contributed by atoms with Crippen molar-refractivity contribution in [1.29, 1.82) is 0 Å². The van der Waals surface area contributed by atoms with Crippen molar-refractivity contribution in [2.45, 2.75) is 5.88 Å². The molecule has 0 atom stereocenters. The maximum Gasteiger partial charge on any atom is 0.172 e. The molecular weight excluding hydrogens is 186 g/mol. The van der Waals surface area contributed by atoms with Crippen LogP contribution in [0, 0.1) is 11.6 Å². The first kappa shape index (κ1) is 9.26. The second-order valence-electron chi connectivity index (χ2n) is 2.18. The van der Waals surface area contributed by atoms with Crippen molar-refractivity contribution in [3.8, 4) is 5.75 Å². The molecule has 0 radical (unpaired) electrons. The average molecular weight is 193 g/mol. The van der Waals surface area contributed by atoms with Crippen LogP contribution in [0.25, 0.3) is 0 Å². The van der Waals surface area contributed by atoms with Crippen molar-refractivity contribution in [1.82, 2.24) is 0 Å². The Kier molecular flexibility index (Phi) is 2.87. The molecule has 66 valence electrons. The van der Waals surface area contributed by atoms with Crippen LogP contribution in [0.15, 0.2) is 12.1 Å². The van der Waals surface area contributed by atoms with Gasteiger partial charge in [0.15, 0.2) is 11.6 Å². The Bertz CT molecular complexity index is 289. The van der Waals surface area contributed by atoms with Crippen LogP contribution in [0.5, 0.6) is 5.75 Å². The van der Waals surface area contributed by atoms with E-state index in [1.807, 2.05) is 0 Å². The largest absolute Gasteiger partial charge is 0.494 e. The summed E-state index contributed by atoms with van der Waals surface area (Å²) in [6, 6.07) is 2.35. The van der Waals surface area contributed by atoms with Crippen LogP contribution >= 0.6 is 11.6 Å². The summed E-state index contributed by atoms with van der Waals surface area (Å²) in [4.78, 5) is 0. The van der Waals surface area contributed by atoms with E-state index in [4.69, 9.17) is 11.6 Å². The van der Waals surface area contributed by atoms with E-state index in [1.54, 1.807) is 0 Å². The van der Waals surface area contributed by atoms with Crippen LogP contribution in [0.4, 0.5) is 8.78 Å². The molecule has 0 saturated heterocycles. The monoisotopic (exact) mass is 192 g/mol. The Morgan fingerprint density at radius 2 is 2.08 bits per heavy atom. The number of alkyl halides is 1. The number of rotatable bonds is 2. The summed E-state index contributed by atoms with van der Waals surface area (Å²) in [5.41, 5.74) is -0.156. The fraction of sp³-hybridized carbons (Fsp3) is 0.250. The molecule has 0 spiro atoms. The second-order valence-corrected chi connectivity index (χ2v) is 2.44. The minimum absolute atomic E-state index is 0.00653. The molecule has 0 N–H and O–H groups in total. The molecule has 1 rings (SSSR count). The van der Waals surface area contributed by atoms with Crippen LogP contribution in [-0.4, -0.2) is 7.11 Å². The molecule has 0 unspecified atom stereocenters. The lowest BCUT2D eigenvalue weighted by Gasteiger charge is -2.05. The number of halogens is 3. The number of methoxy groups -OCH3 is 1. The maximum atomic E-state index is 13.1. The van der Waals surface area contributed by atoms with E-state index >= 15 is 0 Å². The van der Waals surface area contributed by atoms with E-state index < -0.39 is 11.6 Å². The third-order valence-corrected chi connectivity index (χ3v) is 1.77. The lowest BCUT2D eigenvalue weighted by molar-refractivity contribution is 0.381. The molecule has 0 aromatic heterocycles. The lowest BCUT2D eigenvalue weighted by Crippen LogP contribution is -1.96. The topological polar surface area (TPSA) is 9.23 Å². The van der Waals surface area contributed by atoms with Crippen LogP contribution in [0.3, 0.4) is 0 Å². The summed E-state index contributed by atoms with van der Waals surface area (Å²) < 4.78 is 30.5. The van der Waals surface area contributed by atoms with Crippen LogP contribution in [-0.2, 0) is 5.88 Å². The minimum Gasteiger partial charge on any atom is -0.494 e. The van der Waals surface area contributed by atoms with Crippen molar-refractivity contribution in [2.75, 3.05) is 7.11 Å². The Hall–Kier alpha value is -0.830. The highest BCUT2D eigenvalue weighted by molar-refractivity contribution is 6.17. The first-order valence-electron chi connectivity index (χ1n) is 3.27. The van der Waals surface area contributed by atoms with Gasteiger partial charge in [-0.15, -0.1) is 11.6 Å². The van der Waals surface area contributed by atoms with E-state index in [0.717, 1.165) is 6.07 Å². The predicted molar refractivity (Wildman–Crippen MR) is 42.5 cm³/mol. The van der Waals surface area contributed by atoms with Gasteiger partial charge in [-0.2, -0.15) is 0 Å². The molecule has 0 bridgehead atoms. The highest BCUT2D eigenvalue weighted by Crippen LogP contribution is 2.23. The van der Waals surface area contributed by atoms with Crippen LogP contribution < -0.4 is 4.74 Å². The molecular formula is C8H7ClF2O. The lowest BCUT2D eigenvalue weighted by atomic mass is 10.2. The summed E-state index contributed by atoms with van der Waals surface area (Å²) >= 11 is 5.33. The standard InChI is InChI=1S/C8H7ClF2O/c1-12-7-3-2-6(10)5(4-9)8(7)11/h2-3H,4H2,1H3. The normalized spacial score (nSPS) is 10.0. The van der Waals surface area contributed by atoms with E-state index in [9.17, 15) is 8.78 Å². The van der Waals surface area contributed by atoms with E-state index in [1.165, 1.54) is 13.2 Å². The van der Waals surface area contributed by atoms with Crippen LogP contribution in [0.2, 0.25) is 0 Å². The minimum atomic E-state index is -0.729. The SMILES string of the molecule is COc1ccc(F)c(CCl)c1F. The third kappa shape index (κ3) is 1.50. The third-order valence-electron chi connectivity index (χ3n) is 1.50. The smallest absolute Gasteiger partial charge is 0.172 e. The van der Waals surface area contributed by atoms with E-state index in [-0.39, 0.29) is 17.2 Å². The molecule has 0 aliphatic heterocycles. The van der Waals surface area contributed by atoms with Gasteiger partial charge in [0, 0.05) is 5.56 Å². The molecule has 0 aliphatic carbocycles. The number of hydrogen-bond donors (Lipinski definition) is 0. The molecule has 1 nitrogen and oxygen atoms in total. The second kappa shape index (κ2) is 3.72. The van der Waals surface area contributed by atoms with Crippen molar-refractivity contribution in [2.24, 2.45) is 0 Å². The van der Waals surface area contributed by atoms with Gasteiger partial charge in [0.05, 0.1) is 13.0 Å². The molecule has 1 aromatic carbocycles. The van der Waals surface area contributed by atoms with E-state index in [2.05, 4.69) is 4.74 Å². The molecule has 0 amide bonds. The van der Waals surface area contributed by atoms with Crippen molar-refractivity contribution >= 4 is 11.6 Å². The zero-order valence-electron chi connectivity index (χ0n) is 6.40. The molecule has 12 heavy (non-hydrogen) atoms.